The second-order valence-corrected chi connectivity index (χ2v) is 6.15. The van der Waals surface area contributed by atoms with Crippen LogP contribution in [0.3, 0.4) is 0 Å². The van der Waals surface area contributed by atoms with Crippen molar-refractivity contribution in [3.05, 3.63) is 41.7 Å². The Bertz CT molecular complexity index is 789. The second kappa shape index (κ2) is 5.76. The number of anilines is 1. The van der Waals surface area contributed by atoms with E-state index < -0.39 is 0 Å². The van der Waals surface area contributed by atoms with Crippen molar-refractivity contribution in [1.82, 2.24) is 20.1 Å². The molecule has 22 heavy (non-hydrogen) atoms. The van der Waals surface area contributed by atoms with Crippen LogP contribution in [0.4, 0.5) is 9.93 Å². The lowest BCUT2D eigenvalue weighted by atomic mass is 10.1. The van der Waals surface area contributed by atoms with Gasteiger partial charge in [-0.25, -0.2) is 9.78 Å². The SMILES string of the molecule is Cc1c([C@@H](C)NC(=O)Nc2nc3ccccc3s2)cnn1C. The van der Waals surface area contributed by atoms with Crippen LogP contribution < -0.4 is 10.6 Å². The largest absolute Gasteiger partial charge is 0.331 e. The number of urea groups is 1. The highest BCUT2D eigenvalue weighted by Gasteiger charge is 2.15. The van der Waals surface area contributed by atoms with Gasteiger partial charge >= 0.3 is 6.03 Å². The monoisotopic (exact) mass is 315 g/mol. The topological polar surface area (TPSA) is 71.8 Å². The minimum Gasteiger partial charge on any atom is -0.331 e. The molecule has 0 saturated carbocycles. The molecular weight excluding hydrogens is 298 g/mol. The molecule has 3 rings (SSSR count). The van der Waals surface area contributed by atoms with Crippen molar-refractivity contribution >= 4 is 32.7 Å². The molecular formula is C15H17N5OS. The van der Waals surface area contributed by atoms with Crippen LogP contribution in [-0.4, -0.2) is 20.8 Å². The van der Waals surface area contributed by atoms with Crippen LogP contribution in [0, 0.1) is 6.92 Å². The van der Waals surface area contributed by atoms with E-state index in [-0.39, 0.29) is 12.1 Å². The number of amides is 2. The molecule has 2 aromatic heterocycles. The number of rotatable bonds is 3. The van der Waals surface area contributed by atoms with Crippen molar-refractivity contribution in [2.24, 2.45) is 7.05 Å². The summed E-state index contributed by atoms with van der Waals surface area (Å²) in [5, 5.41) is 10.5. The van der Waals surface area contributed by atoms with Gasteiger partial charge in [0.2, 0.25) is 0 Å². The highest BCUT2D eigenvalue weighted by Crippen LogP contribution is 2.25. The molecule has 0 spiro atoms. The van der Waals surface area contributed by atoms with Gasteiger partial charge in [0.25, 0.3) is 0 Å². The Morgan fingerprint density at radius 1 is 1.36 bits per heavy atom. The number of hydrogen-bond donors (Lipinski definition) is 2. The minimum atomic E-state index is -0.269. The number of para-hydroxylation sites is 1. The fraction of sp³-hybridized carbons (Fsp3) is 0.267. The number of hydrogen-bond acceptors (Lipinski definition) is 4. The average Bonchev–Trinajstić information content (AvgIpc) is 3.02. The molecule has 2 N–H and O–H groups in total. The van der Waals surface area contributed by atoms with Gasteiger partial charge in [0.05, 0.1) is 22.5 Å². The Morgan fingerprint density at radius 3 is 2.82 bits per heavy atom. The molecule has 0 bridgehead atoms. The van der Waals surface area contributed by atoms with Crippen LogP contribution in [0.1, 0.15) is 24.2 Å². The average molecular weight is 315 g/mol. The summed E-state index contributed by atoms with van der Waals surface area (Å²) >= 11 is 1.46. The molecule has 2 heterocycles. The van der Waals surface area contributed by atoms with E-state index in [0.29, 0.717) is 5.13 Å². The normalized spacial score (nSPS) is 12.3. The van der Waals surface area contributed by atoms with E-state index in [0.717, 1.165) is 21.5 Å². The van der Waals surface area contributed by atoms with E-state index in [1.165, 1.54) is 11.3 Å². The summed E-state index contributed by atoms with van der Waals surface area (Å²) in [6.07, 6.45) is 1.78. The molecule has 6 nitrogen and oxygen atoms in total. The molecule has 0 saturated heterocycles. The van der Waals surface area contributed by atoms with Crippen LogP contribution >= 0.6 is 11.3 Å². The standard InChI is InChI=1S/C15H17N5OS/c1-9(11-8-16-20(3)10(11)2)17-14(21)19-15-18-12-6-4-5-7-13(12)22-15/h4-9H,1-3H3,(H2,17,18,19,21)/t9-/m1/s1. The van der Waals surface area contributed by atoms with Crippen molar-refractivity contribution in [2.45, 2.75) is 19.9 Å². The Balaban J connectivity index is 1.68. The van der Waals surface area contributed by atoms with Crippen LogP contribution in [0.15, 0.2) is 30.5 Å². The number of carbonyl (C=O) groups excluding carboxylic acids is 1. The lowest BCUT2D eigenvalue weighted by molar-refractivity contribution is 0.249. The van der Waals surface area contributed by atoms with Crippen LogP contribution in [0.5, 0.6) is 0 Å². The van der Waals surface area contributed by atoms with Gasteiger partial charge in [-0.2, -0.15) is 5.10 Å². The fourth-order valence-electron chi connectivity index (χ4n) is 2.27. The van der Waals surface area contributed by atoms with Gasteiger partial charge in [-0.05, 0) is 26.0 Å². The zero-order chi connectivity index (χ0) is 15.7. The summed E-state index contributed by atoms with van der Waals surface area (Å²) in [5.41, 5.74) is 2.92. The number of aryl methyl sites for hydroxylation is 1. The van der Waals surface area contributed by atoms with E-state index in [4.69, 9.17) is 0 Å². The minimum absolute atomic E-state index is 0.122. The lowest BCUT2D eigenvalue weighted by Gasteiger charge is -2.13. The third-order valence-corrected chi connectivity index (χ3v) is 4.55. The quantitative estimate of drug-likeness (QED) is 0.779. The molecule has 0 aliphatic heterocycles. The first kappa shape index (κ1) is 14.5. The summed E-state index contributed by atoms with van der Waals surface area (Å²) in [5.74, 6) is 0. The van der Waals surface area contributed by atoms with Crippen LogP contribution in [0.25, 0.3) is 10.2 Å². The molecule has 0 aliphatic carbocycles. The molecule has 2 amide bonds. The van der Waals surface area contributed by atoms with Gasteiger partial charge in [0, 0.05) is 18.3 Å². The smallest absolute Gasteiger partial charge is 0.321 e. The second-order valence-electron chi connectivity index (χ2n) is 5.12. The van der Waals surface area contributed by atoms with Crippen molar-refractivity contribution < 1.29 is 4.79 Å². The number of fused-ring (bicyclic) bond motifs is 1. The van der Waals surface area contributed by atoms with Crippen LogP contribution in [0.2, 0.25) is 0 Å². The maximum atomic E-state index is 12.1. The highest BCUT2D eigenvalue weighted by molar-refractivity contribution is 7.22. The van der Waals surface area contributed by atoms with Crippen molar-refractivity contribution in [1.29, 1.82) is 0 Å². The Kier molecular flexibility index (Phi) is 3.81. The van der Waals surface area contributed by atoms with Crippen LogP contribution in [-0.2, 0) is 7.05 Å². The number of thiazole rings is 1. The summed E-state index contributed by atoms with van der Waals surface area (Å²) in [4.78, 5) is 16.5. The first-order valence-corrected chi connectivity index (χ1v) is 7.78. The Hall–Kier alpha value is -2.41. The highest BCUT2D eigenvalue weighted by atomic mass is 32.1. The first-order valence-electron chi connectivity index (χ1n) is 6.96. The summed E-state index contributed by atoms with van der Waals surface area (Å²) < 4.78 is 2.84. The molecule has 0 unspecified atom stereocenters. The van der Waals surface area contributed by atoms with Crippen molar-refractivity contribution in [3.63, 3.8) is 0 Å². The number of nitrogens with zero attached hydrogens (tertiary/aromatic N) is 3. The Labute approximate surface area is 132 Å². The molecule has 1 atom stereocenters. The van der Waals surface area contributed by atoms with Gasteiger partial charge < -0.3 is 5.32 Å². The van der Waals surface area contributed by atoms with E-state index in [9.17, 15) is 4.79 Å². The van der Waals surface area contributed by atoms with E-state index in [1.807, 2.05) is 45.2 Å². The molecule has 1 aromatic carbocycles. The Morgan fingerprint density at radius 2 is 2.14 bits per heavy atom. The molecule has 0 aliphatic rings. The lowest BCUT2D eigenvalue weighted by Crippen LogP contribution is -2.31. The first-order chi connectivity index (χ1) is 10.5. The molecule has 0 radical (unpaired) electrons. The third kappa shape index (κ3) is 2.80. The molecule has 7 heteroatoms. The van der Waals surface area contributed by atoms with E-state index in [1.54, 1.807) is 10.9 Å². The summed E-state index contributed by atoms with van der Waals surface area (Å²) in [6, 6.07) is 7.41. The number of benzene rings is 1. The van der Waals surface area contributed by atoms with E-state index in [2.05, 4.69) is 20.7 Å². The molecule has 114 valence electrons. The molecule has 0 fully saturated rings. The van der Waals surface area contributed by atoms with Gasteiger partial charge in [0.15, 0.2) is 5.13 Å². The predicted molar refractivity (Wildman–Crippen MR) is 88.1 cm³/mol. The zero-order valence-corrected chi connectivity index (χ0v) is 13.4. The van der Waals surface area contributed by atoms with Crippen molar-refractivity contribution in [2.75, 3.05) is 5.32 Å². The number of carbonyl (C=O) groups is 1. The number of aromatic nitrogens is 3. The van der Waals surface area contributed by atoms with Gasteiger partial charge in [-0.15, -0.1) is 0 Å². The maximum Gasteiger partial charge on any atom is 0.321 e. The van der Waals surface area contributed by atoms with Gasteiger partial charge in [0.1, 0.15) is 0 Å². The van der Waals surface area contributed by atoms with E-state index >= 15 is 0 Å². The predicted octanol–water partition coefficient (Wildman–Crippen LogP) is 3.22. The van der Waals surface area contributed by atoms with Gasteiger partial charge in [-0.3, -0.25) is 10.00 Å². The fourth-order valence-corrected chi connectivity index (χ4v) is 3.13. The summed E-state index contributed by atoms with van der Waals surface area (Å²) in [6.45, 7) is 3.91. The zero-order valence-electron chi connectivity index (χ0n) is 12.6. The molecule has 3 aromatic rings. The maximum absolute atomic E-state index is 12.1. The van der Waals surface area contributed by atoms with Gasteiger partial charge in [-0.1, -0.05) is 23.5 Å². The van der Waals surface area contributed by atoms with Crippen molar-refractivity contribution in [3.8, 4) is 0 Å². The third-order valence-electron chi connectivity index (χ3n) is 3.60. The number of nitrogens with one attached hydrogen (secondary N) is 2. The summed E-state index contributed by atoms with van der Waals surface area (Å²) in [7, 11) is 1.88.